The average Bonchev–Trinajstić information content (AvgIpc) is 2.36. The molecule has 6 N–H and O–H groups in total. The zero-order valence-electron chi connectivity index (χ0n) is 9.32. The van der Waals surface area contributed by atoms with Crippen molar-refractivity contribution in [3.63, 3.8) is 0 Å². The summed E-state index contributed by atoms with van der Waals surface area (Å²) in [5.74, 6) is -0.0629. The molecule has 0 aromatic carbocycles. The molecule has 0 fully saturated rings. The van der Waals surface area contributed by atoms with E-state index in [0.717, 1.165) is 0 Å². The highest BCUT2D eigenvalue weighted by molar-refractivity contribution is 5.12. The van der Waals surface area contributed by atoms with Crippen molar-refractivity contribution in [2.75, 3.05) is 18.9 Å². The fourth-order valence-corrected chi connectivity index (χ4v) is 1.63. The summed E-state index contributed by atoms with van der Waals surface area (Å²) < 4.78 is 0. The highest BCUT2D eigenvalue weighted by Gasteiger charge is 2.27. The summed E-state index contributed by atoms with van der Waals surface area (Å²) in [6.07, 6.45) is -2.64. The Kier molecular flexibility index (Phi) is 3.36. The summed E-state index contributed by atoms with van der Waals surface area (Å²) in [5, 5.41) is 27.7. The number of hydrogen-bond donors (Lipinski definition) is 5. The molecule has 2 rings (SSSR count). The number of fused-ring (bicyclic) bond motifs is 1. The number of nitrogens with one attached hydrogen (secondary N) is 1. The molecule has 0 saturated carbocycles. The standard InChI is InChI=1S/C9H13N5O4/c10-9-13-7-5(8(18)14-9)12-3(1-11-7)6(17)4(16)2-15/h3-4,6,15-17H,1-2H2,(H3,10,11,13,14,18). The Morgan fingerprint density at radius 2 is 2.22 bits per heavy atom. The predicted molar refractivity (Wildman–Crippen MR) is 59.3 cm³/mol. The maximum absolute atomic E-state index is 11.6. The second-order valence-electron chi connectivity index (χ2n) is 3.90. The Labute approximate surface area is 100 Å². The summed E-state index contributed by atoms with van der Waals surface area (Å²) >= 11 is 0. The monoisotopic (exact) mass is 255 g/mol. The number of aromatic nitrogens is 2. The lowest BCUT2D eigenvalue weighted by Gasteiger charge is -2.22. The molecule has 2 heterocycles. The zero-order valence-corrected chi connectivity index (χ0v) is 9.32. The molecule has 0 bridgehead atoms. The summed E-state index contributed by atoms with van der Waals surface area (Å²) in [7, 11) is 0. The summed E-state index contributed by atoms with van der Waals surface area (Å²) in [5.41, 5.74) is 4.91. The first kappa shape index (κ1) is 12.6. The quantitative estimate of drug-likeness (QED) is 0.367. The maximum atomic E-state index is 11.6. The minimum atomic E-state index is -1.34. The van der Waals surface area contributed by atoms with E-state index in [1.807, 2.05) is 0 Å². The van der Waals surface area contributed by atoms with Gasteiger partial charge in [-0.15, -0.1) is 0 Å². The second kappa shape index (κ2) is 4.80. The van der Waals surface area contributed by atoms with E-state index in [1.165, 1.54) is 0 Å². The number of anilines is 1. The van der Waals surface area contributed by atoms with Crippen LogP contribution < -0.4 is 22.1 Å². The Hall–Kier alpha value is -1.84. The van der Waals surface area contributed by atoms with Crippen LogP contribution in [0.2, 0.25) is 0 Å². The number of aliphatic hydroxyl groups is 3. The van der Waals surface area contributed by atoms with E-state index in [4.69, 9.17) is 10.8 Å². The normalized spacial score (nSPS) is 21.4. The molecule has 0 radical (unpaired) electrons. The number of H-pyrrole nitrogens is 1. The molecule has 9 nitrogen and oxygen atoms in total. The van der Waals surface area contributed by atoms with Crippen LogP contribution in [0.15, 0.2) is 14.8 Å². The third kappa shape index (κ3) is 2.23. The fourth-order valence-electron chi connectivity index (χ4n) is 1.63. The molecular formula is C9H13N5O4. The SMILES string of the molecule is Nc1nc2c(c(=O)[nH]1)=NC(C(O)C(O)CO)CN=2. The Morgan fingerprint density at radius 1 is 1.50 bits per heavy atom. The van der Waals surface area contributed by atoms with E-state index in [1.54, 1.807) is 0 Å². The second-order valence-corrected chi connectivity index (χ2v) is 3.90. The van der Waals surface area contributed by atoms with E-state index < -0.39 is 30.4 Å². The summed E-state index contributed by atoms with van der Waals surface area (Å²) in [6.45, 7) is -0.544. The van der Waals surface area contributed by atoms with Crippen molar-refractivity contribution >= 4 is 5.95 Å². The van der Waals surface area contributed by atoms with E-state index in [-0.39, 0.29) is 23.3 Å². The van der Waals surface area contributed by atoms with Gasteiger partial charge in [-0.1, -0.05) is 0 Å². The van der Waals surface area contributed by atoms with Gasteiger partial charge in [0.05, 0.1) is 19.2 Å². The van der Waals surface area contributed by atoms with Gasteiger partial charge in [0.2, 0.25) is 5.95 Å². The van der Waals surface area contributed by atoms with Crippen LogP contribution in [0.4, 0.5) is 5.95 Å². The van der Waals surface area contributed by atoms with Crippen molar-refractivity contribution in [1.82, 2.24) is 9.97 Å². The predicted octanol–water partition coefficient (Wildman–Crippen LogP) is -4.31. The van der Waals surface area contributed by atoms with Gasteiger partial charge in [-0.05, 0) is 0 Å². The van der Waals surface area contributed by atoms with Crippen LogP contribution in [0.25, 0.3) is 0 Å². The third-order valence-electron chi connectivity index (χ3n) is 2.59. The van der Waals surface area contributed by atoms with Crippen molar-refractivity contribution in [1.29, 1.82) is 0 Å². The van der Waals surface area contributed by atoms with Crippen LogP contribution in [0, 0.1) is 0 Å². The van der Waals surface area contributed by atoms with E-state index in [9.17, 15) is 15.0 Å². The van der Waals surface area contributed by atoms with Crippen LogP contribution in [0.3, 0.4) is 0 Å². The van der Waals surface area contributed by atoms with Crippen LogP contribution in [0.5, 0.6) is 0 Å². The molecule has 9 heteroatoms. The fraction of sp³-hybridized carbons (Fsp3) is 0.556. The molecule has 0 aliphatic carbocycles. The van der Waals surface area contributed by atoms with Gasteiger partial charge in [0.1, 0.15) is 12.2 Å². The topological polar surface area (TPSA) is 157 Å². The molecule has 1 aliphatic rings. The van der Waals surface area contributed by atoms with Gasteiger partial charge in [0.15, 0.2) is 10.8 Å². The van der Waals surface area contributed by atoms with Gasteiger partial charge in [0.25, 0.3) is 5.56 Å². The minimum absolute atomic E-state index is 0.0374. The highest BCUT2D eigenvalue weighted by Crippen LogP contribution is 2.05. The first-order valence-corrected chi connectivity index (χ1v) is 5.28. The lowest BCUT2D eigenvalue weighted by molar-refractivity contribution is -0.0249. The number of nitrogen functional groups attached to an aromatic ring is 1. The molecule has 1 aromatic heterocycles. The van der Waals surface area contributed by atoms with Crippen LogP contribution in [-0.4, -0.2) is 56.7 Å². The third-order valence-corrected chi connectivity index (χ3v) is 2.59. The number of aromatic amines is 1. The lowest BCUT2D eigenvalue weighted by atomic mass is 10.1. The van der Waals surface area contributed by atoms with Gasteiger partial charge in [-0.25, -0.2) is 0 Å². The highest BCUT2D eigenvalue weighted by atomic mass is 16.4. The van der Waals surface area contributed by atoms with Gasteiger partial charge in [-0.2, -0.15) is 4.98 Å². The van der Waals surface area contributed by atoms with E-state index in [2.05, 4.69) is 20.0 Å². The lowest BCUT2D eigenvalue weighted by Crippen LogP contribution is -2.51. The first-order chi connectivity index (χ1) is 8.52. The van der Waals surface area contributed by atoms with Crippen LogP contribution in [0.1, 0.15) is 0 Å². The largest absolute Gasteiger partial charge is 0.394 e. The molecule has 1 aromatic rings. The smallest absolute Gasteiger partial charge is 0.280 e. The number of hydrogen-bond acceptors (Lipinski definition) is 8. The number of nitrogens with zero attached hydrogens (tertiary/aromatic N) is 3. The molecule has 0 amide bonds. The van der Waals surface area contributed by atoms with Crippen molar-refractivity contribution in [2.24, 2.45) is 9.98 Å². The summed E-state index contributed by atoms with van der Waals surface area (Å²) in [4.78, 5) is 25.6. The maximum Gasteiger partial charge on any atom is 0.280 e. The minimum Gasteiger partial charge on any atom is -0.394 e. The molecule has 18 heavy (non-hydrogen) atoms. The molecule has 3 unspecified atom stereocenters. The van der Waals surface area contributed by atoms with Crippen LogP contribution >= 0.6 is 0 Å². The van der Waals surface area contributed by atoms with E-state index >= 15 is 0 Å². The Bertz CT molecular complexity index is 612. The first-order valence-electron chi connectivity index (χ1n) is 5.28. The van der Waals surface area contributed by atoms with Crippen molar-refractivity contribution < 1.29 is 15.3 Å². The summed E-state index contributed by atoms with van der Waals surface area (Å²) in [6, 6.07) is -0.800. The molecule has 1 aliphatic heterocycles. The van der Waals surface area contributed by atoms with Crippen molar-refractivity contribution in [3.05, 3.63) is 21.2 Å². The number of aliphatic hydroxyl groups excluding tert-OH is 3. The van der Waals surface area contributed by atoms with E-state index in [0.29, 0.717) is 0 Å². The Balaban J connectivity index is 2.44. The zero-order chi connectivity index (χ0) is 13.3. The molecule has 0 saturated heterocycles. The van der Waals surface area contributed by atoms with Crippen molar-refractivity contribution in [3.8, 4) is 0 Å². The van der Waals surface area contributed by atoms with Crippen molar-refractivity contribution in [2.45, 2.75) is 18.2 Å². The Morgan fingerprint density at radius 3 is 2.89 bits per heavy atom. The van der Waals surface area contributed by atoms with Gasteiger partial charge in [-0.3, -0.25) is 19.8 Å². The molecule has 3 atom stereocenters. The van der Waals surface area contributed by atoms with Gasteiger partial charge in [0, 0.05) is 0 Å². The van der Waals surface area contributed by atoms with Crippen LogP contribution in [-0.2, 0) is 0 Å². The molecular weight excluding hydrogens is 242 g/mol. The molecule has 98 valence electrons. The average molecular weight is 255 g/mol. The van der Waals surface area contributed by atoms with Gasteiger partial charge < -0.3 is 21.1 Å². The van der Waals surface area contributed by atoms with Gasteiger partial charge >= 0.3 is 0 Å². The molecule has 0 spiro atoms. The number of rotatable bonds is 3. The number of nitrogens with two attached hydrogens (primary N) is 1.